The quantitative estimate of drug-likeness (QED) is 0.688. The van der Waals surface area contributed by atoms with Crippen LogP contribution in [0.1, 0.15) is 12.0 Å². The summed E-state index contributed by atoms with van der Waals surface area (Å²) >= 11 is 0. The Bertz CT molecular complexity index is 555. The van der Waals surface area contributed by atoms with E-state index in [1.54, 1.807) is 6.07 Å². The molecule has 1 aromatic rings. The third-order valence-electron chi connectivity index (χ3n) is 3.80. The molecular formula is C16H23FN2O5. The maximum atomic E-state index is 13.6. The number of nitrogens with zero attached hydrogens (tertiary/aromatic N) is 1. The summed E-state index contributed by atoms with van der Waals surface area (Å²) in [6, 6.07) is 4.56. The highest BCUT2D eigenvalue weighted by molar-refractivity contribution is 5.79. The minimum absolute atomic E-state index is 0.175. The van der Waals surface area contributed by atoms with E-state index >= 15 is 0 Å². The molecule has 2 rings (SSSR count). The third-order valence-corrected chi connectivity index (χ3v) is 3.80. The van der Waals surface area contributed by atoms with Gasteiger partial charge in [0.25, 0.3) is 6.47 Å². The molecule has 2 atom stereocenters. The molecule has 1 amide bonds. The average Bonchev–Trinajstić information content (AvgIpc) is 2.55. The molecule has 8 heteroatoms. The SMILES string of the molecule is COc1ccc(CNC(=O)[C@@H]2CN(C)CC[C@@H]2O)cc1F.O=CO. The van der Waals surface area contributed by atoms with Crippen LogP contribution in [0.2, 0.25) is 0 Å². The number of methoxy groups -OCH3 is 1. The van der Waals surface area contributed by atoms with Crippen molar-refractivity contribution in [3.8, 4) is 5.75 Å². The number of benzene rings is 1. The smallest absolute Gasteiger partial charge is 0.290 e. The predicted octanol–water partition coefficient (Wildman–Crippen LogP) is 0.464. The molecule has 0 bridgehead atoms. The Labute approximate surface area is 140 Å². The van der Waals surface area contributed by atoms with Crippen LogP contribution in [0.25, 0.3) is 0 Å². The summed E-state index contributed by atoms with van der Waals surface area (Å²) in [5, 5.41) is 19.5. The van der Waals surface area contributed by atoms with Crippen molar-refractivity contribution in [2.75, 3.05) is 27.2 Å². The third kappa shape index (κ3) is 5.78. The van der Waals surface area contributed by atoms with Gasteiger partial charge < -0.3 is 25.2 Å². The standard InChI is InChI=1S/C15H21FN2O3.CH2O2/c1-18-6-5-13(19)11(9-18)15(20)17-8-10-3-4-14(21-2)12(16)7-10;2-1-3/h3-4,7,11,13,19H,5-6,8-9H2,1-2H3,(H,17,20);1H,(H,2,3)/t11-,13+;/m1./s1. The van der Waals surface area contributed by atoms with E-state index in [2.05, 4.69) is 5.32 Å². The fourth-order valence-corrected chi connectivity index (χ4v) is 2.50. The Kier molecular flexibility index (Phi) is 8.14. The maximum Gasteiger partial charge on any atom is 0.290 e. The molecule has 134 valence electrons. The van der Waals surface area contributed by atoms with E-state index in [4.69, 9.17) is 14.6 Å². The van der Waals surface area contributed by atoms with Crippen molar-refractivity contribution in [1.29, 1.82) is 0 Å². The summed E-state index contributed by atoms with van der Waals surface area (Å²) < 4.78 is 18.4. The molecule has 1 aliphatic rings. The number of piperidine rings is 1. The molecule has 1 aromatic carbocycles. The molecule has 0 aliphatic carbocycles. The highest BCUT2D eigenvalue weighted by atomic mass is 19.1. The summed E-state index contributed by atoms with van der Waals surface area (Å²) in [4.78, 5) is 22.5. The van der Waals surface area contributed by atoms with Gasteiger partial charge in [-0.05, 0) is 31.2 Å². The fraction of sp³-hybridized carbons (Fsp3) is 0.500. The van der Waals surface area contributed by atoms with Crippen molar-refractivity contribution in [2.45, 2.75) is 19.1 Å². The monoisotopic (exact) mass is 342 g/mol. The van der Waals surface area contributed by atoms with Gasteiger partial charge in [-0.15, -0.1) is 0 Å². The lowest BCUT2D eigenvalue weighted by Gasteiger charge is -2.32. The molecular weight excluding hydrogens is 319 g/mol. The van der Waals surface area contributed by atoms with Crippen molar-refractivity contribution in [1.82, 2.24) is 10.2 Å². The molecule has 1 heterocycles. The van der Waals surface area contributed by atoms with E-state index in [0.717, 1.165) is 6.54 Å². The first-order valence-corrected chi connectivity index (χ1v) is 7.47. The lowest BCUT2D eigenvalue weighted by atomic mass is 9.94. The van der Waals surface area contributed by atoms with Gasteiger partial charge in [0.05, 0.1) is 19.1 Å². The second kappa shape index (κ2) is 9.84. The number of hydrogen-bond acceptors (Lipinski definition) is 5. The number of hydrogen-bond donors (Lipinski definition) is 3. The minimum Gasteiger partial charge on any atom is -0.494 e. The van der Waals surface area contributed by atoms with Gasteiger partial charge in [0.15, 0.2) is 11.6 Å². The number of nitrogens with one attached hydrogen (secondary N) is 1. The van der Waals surface area contributed by atoms with Gasteiger partial charge in [-0.1, -0.05) is 6.07 Å². The lowest BCUT2D eigenvalue weighted by Crippen LogP contribution is -2.48. The first kappa shape index (κ1) is 19.9. The van der Waals surface area contributed by atoms with Crippen LogP contribution in [-0.4, -0.2) is 60.8 Å². The van der Waals surface area contributed by atoms with Gasteiger partial charge in [-0.25, -0.2) is 4.39 Å². The van der Waals surface area contributed by atoms with Gasteiger partial charge >= 0.3 is 0 Å². The fourth-order valence-electron chi connectivity index (χ4n) is 2.50. The number of carbonyl (C=O) groups is 2. The van der Waals surface area contributed by atoms with Gasteiger partial charge in [0, 0.05) is 19.6 Å². The molecule has 1 aliphatic heterocycles. The molecule has 0 unspecified atom stereocenters. The van der Waals surface area contributed by atoms with Crippen LogP contribution in [-0.2, 0) is 16.1 Å². The summed E-state index contributed by atoms with van der Waals surface area (Å²) in [5.41, 5.74) is 0.653. The van der Waals surface area contributed by atoms with Crippen LogP contribution in [0.5, 0.6) is 5.75 Å². The summed E-state index contributed by atoms with van der Waals surface area (Å²) in [7, 11) is 3.33. The molecule has 1 saturated heterocycles. The number of amides is 1. The number of aliphatic hydroxyl groups is 1. The summed E-state index contributed by atoms with van der Waals surface area (Å²) in [6.45, 7) is 1.30. The van der Waals surface area contributed by atoms with Crippen molar-refractivity contribution in [2.24, 2.45) is 5.92 Å². The first-order valence-electron chi connectivity index (χ1n) is 7.47. The largest absolute Gasteiger partial charge is 0.494 e. The van der Waals surface area contributed by atoms with E-state index in [-0.39, 0.29) is 24.7 Å². The lowest BCUT2D eigenvalue weighted by molar-refractivity contribution is -0.131. The van der Waals surface area contributed by atoms with Crippen molar-refractivity contribution >= 4 is 12.4 Å². The Balaban J connectivity index is 0.000000891. The average molecular weight is 342 g/mol. The topological polar surface area (TPSA) is 99.1 Å². The van der Waals surface area contributed by atoms with E-state index in [1.165, 1.54) is 19.2 Å². The molecule has 0 aromatic heterocycles. The molecule has 24 heavy (non-hydrogen) atoms. The zero-order chi connectivity index (χ0) is 18.1. The minimum atomic E-state index is -0.617. The molecule has 3 N–H and O–H groups in total. The Morgan fingerprint density at radius 2 is 2.21 bits per heavy atom. The second-order valence-electron chi connectivity index (χ2n) is 5.52. The van der Waals surface area contributed by atoms with Gasteiger partial charge in [0.2, 0.25) is 5.91 Å². The number of carboxylic acid groups (broad SMARTS) is 1. The molecule has 7 nitrogen and oxygen atoms in total. The van der Waals surface area contributed by atoms with Crippen molar-refractivity contribution < 1.29 is 28.9 Å². The predicted molar refractivity (Wildman–Crippen MR) is 85.1 cm³/mol. The number of ether oxygens (including phenoxy) is 1. The van der Waals surface area contributed by atoms with Crippen molar-refractivity contribution in [3.05, 3.63) is 29.6 Å². The van der Waals surface area contributed by atoms with Crippen molar-refractivity contribution in [3.63, 3.8) is 0 Å². The number of likely N-dealkylation sites (tertiary alicyclic amines) is 1. The zero-order valence-electron chi connectivity index (χ0n) is 13.7. The molecule has 1 fully saturated rings. The van der Waals surface area contributed by atoms with E-state index in [0.29, 0.717) is 18.5 Å². The van der Waals surface area contributed by atoms with Gasteiger partial charge in [0.1, 0.15) is 0 Å². The maximum absolute atomic E-state index is 13.6. The Morgan fingerprint density at radius 3 is 2.79 bits per heavy atom. The van der Waals surface area contributed by atoms with Crippen LogP contribution in [0.4, 0.5) is 4.39 Å². The number of rotatable bonds is 4. The normalized spacial score (nSPS) is 20.5. The van der Waals surface area contributed by atoms with Crippen LogP contribution in [0.15, 0.2) is 18.2 Å². The number of carbonyl (C=O) groups excluding carboxylic acids is 1. The Morgan fingerprint density at radius 1 is 1.54 bits per heavy atom. The molecule has 0 spiro atoms. The van der Waals surface area contributed by atoms with E-state index in [9.17, 15) is 14.3 Å². The Hall–Kier alpha value is -2.19. The number of halogens is 1. The highest BCUT2D eigenvalue weighted by Gasteiger charge is 2.31. The van der Waals surface area contributed by atoms with Gasteiger partial charge in [-0.2, -0.15) is 0 Å². The van der Waals surface area contributed by atoms with E-state index in [1.807, 2.05) is 11.9 Å². The van der Waals surface area contributed by atoms with Crippen LogP contribution >= 0.6 is 0 Å². The van der Waals surface area contributed by atoms with Crippen LogP contribution < -0.4 is 10.1 Å². The molecule has 0 radical (unpaired) electrons. The summed E-state index contributed by atoms with van der Waals surface area (Å²) in [5.74, 6) is -0.923. The number of aliphatic hydroxyl groups excluding tert-OH is 1. The highest BCUT2D eigenvalue weighted by Crippen LogP contribution is 2.19. The van der Waals surface area contributed by atoms with E-state index < -0.39 is 17.8 Å². The zero-order valence-corrected chi connectivity index (χ0v) is 13.7. The molecule has 0 saturated carbocycles. The van der Waals surface area contributed by atoms with Crippen LogP contribution in [0, 0.1) is 11.7 Å². The summed E-state index contributed by atoms with van der Waals surface area (Å²) in [6.07, 6.45) is -0.0278. The second-order valence-corrected chi connectivity index (χ2v) is 5.52. The van der Waals surface area contributed by atoms with Gasteiger partial charge in [-0.3, -0.25) is 9.59 Å². The first-order chi connectivity index (χ1) is 11.4. The van der Waals surface area contributed by atoms with Crippen LogP contribution in [0.3, 0.4) is 0 Å².